The summed E-state index contributed by atoms with van der Waals surface area (Å²) in [4.78, 5) is 22.0. The van der Waals surface area contributed by atoms with Crippen LogP contribution in [0.2, 0.25) is 5.02 Å². The van der Waals surface area contributed by atoms with E-state index in [0.717, 1.165) is 11.8 Å². The summed E-state index contributed by atoms with van der Waals surface area (Å²) in [5.74, 6) is 0.308. The second kappa shape index (κ2) is 7.78. The van der Waals surface area contributed by atoms with Gasteiger partial charge in [-0.3, -0.25) is 9.59 Å². The van der Waals surface area contributed by atoms with Gasteiger partial charge in [0.15, 0.2) is 10.9 Å². The highest BCUT2D eigenvalue weighted by Crippen LogP contribution is 2.28. The zero-order chi connectivity index (χ0) is 15.3. The Balaban J connectivity index is 2.73. The highest BCUT2D eigenvalue weighted by atomic mass is 35.5. The molecule has 0 saturated carbocycles. The van der Waals surface area contributed by atoms with E-state index in [9.17, 15) is 19.8 Å². The zero-order valence-corrected chi connectivity index (χ0v) is 12.9. The topological polar surface area (TPSA) is 74.6 Å². The van der Waals surface area contributed by atoms with Gasteiger partial charge in [0, 0.05) is 28.8 Å². The summed E-state index contributed by atoms with van der Waals surface area (Å²) in [6, 6.07) is 4.56. The Labute approximate surface area is 127 Å². The Bertz CT molecular complexity index is 504. The molecule has 2 atom stereocenters. The third-order valence-corrected chi connectivity index (χ3v) is 3.98. The molecule has 0 amide bonds. The molecule has 0 aromatic heterocycles. The predicted octanol–water partition coefficient (Wildman–Crippen LogP) is 2.61. The van der Waals surface area contributed by atoms with Crippen LogP contribution in [0.25, 0.3) is 0 Å². The smallest absolute Gasteiger partial charge is 0.185 e. The lowest BCUT2D eigenvalue weighted by atomic mass is 10.0. The maximum absolute atomic E-state index is 11.2. The largest absolute Gasteiger partial charge is 0.390 e. The lowest BCUT2D eigenvalue weighted by Gasteiger charge is -2.19. The molecule has 0 heterocycles. The number of aliphatic hydroxyl groups is 2. The maximum atomic E-state index is 11.2. The van der Waals surface area contributed by atoms with Gasteiger partial charge in [-0.05, 0) is 19.4 Å². The van der Waals surface area contributed by atoms with Crippen LogP contribution in [0, 0.1) is 0 Å². The molecule has 2 unspecified atom stereocenters. The second-order valence-corrected chi connectivity index (χ2v) is 6.11. The molecule has 4 nitrogen and oxygen atoms in total. The standard InChI is InChI=1S/C14H17ClO4S/c1-8(16)10-3-4-11(12(15)7-10)14(19)13(18)5-6-20-9(2)17/h3-4,7,13-14,18-19H,5-6H2,1-2H3. The molecule has 0 fully saturated rings. The Kier molecular flexibility index (Phi) is 6.68. The van der Waals surface area contributed by atoms with Gasteiger partial charge >= 0.3 is 0 Å². The van der Waals surface area contributed by atoms with Crippen molar-refractivity contribution in [2.45, 2.75) is 32.5 Å². The fourth-order valence-electron chi connectivity index (χ4n) is 1.67. The average Bonchev–Trinajstić information content (AvgIpc) is 2.37. The van der Waals surface area contributed by atoms with Crippen molar-refractivity contribution in [3.05, 3.63) is 34.3 Å². The normalized spacial score (nSPS) is 13.8. The zero-order valence-electron chi connectivity index (χ0n) is 11.3. The van der Waals surface area contributed by atoms with Gasteiger partial charge in [0.2, 0.25) is 0 Å². The summed E-state index contributed by atoms with van der Waals surface area (Å²) >= 11 is 7.11. The number of benzene rings is 1. The summed E-state index contributed by atoms with van der Waals surface area (Å²) in [5, 5.41) is 20.1. The molecule has 1 aromatic rings. The van der Waals surface area contributed by atoms with Crippen LogP contribution >= 0.6 is 23.4 Å². The molecular formula is C14H17ClO4S. The van der Waals surface area contributed by atoms with Gasteiger partial charge in [-0.25, -0.2) is 0 Å². The molecule has 0 aliphatic rings. The average molecular weight is 317 g/mol. The first kappa shape index (κ1) is 17.2. The highest BCUT2D eigenvalue weighted by molar-refractivity contribution is 8.13. The number of rotatable bonds is 6. The molecule has 20 heavy (non-hydrogen) atoms. The SMILES string of the molecule is CC(=O)SCCC(O)C(O)c1ccc(C(C)=O)cc1Cl. The monoisotopic (exact) mass is 316 g/mol. The Morgan fingerprint density at radius 1 is 1.30 bits per heavy atom. The van der Waals surface area contributed by atoms with E-state index in [1.165, 1.54) is 26.0 Å². The third-order valence-electron chi connectivity index (χ3n) is 2.81. The summed E-state index contributed by atoms with van der Waals surface area (Å²) in [6.45, 7) is 2.88. The van der Waals surface area contributed by atoms with Crippen LogP contribution in [0.3, 0.4) is 0 Å². The van der Waals surface area contributed by atoms with E-state index in [0.29, 0.717) is 16.9 Å². The maximum Gasteiger partial charge on any atom is 0.185 e. The van der Waals surface area contributed by atoms with Crippen molar-refractivity contribution < 1.29 is 19.8 Å². The molecule has 1 rings (SSSR count). The Morgan fingerprint density at radius 3 is 2.45 bits per heavy atom. The van der Waals surface area contributed by atoms with E-state index in [2.05, 4.69) is 0 Å². The van der Waals surface area contributed by atoms with Crippen LogP contribution in [-0.2, 0) is 4.79 Å². The number of thioether (sulfide) groups is 1. The van der Waals surface area contributed by atoms with Crippen LogP contribution in [0.1, 0.15) is 42.3 Å². The lowest BCUT2D eigenvalue weighted by Crippen LogP contribution is -2.19. The van der Waals surface area contributed by atoms with E-state index >= 15 is 0 Å². The summed E-state index contributed by atoms with van der Waals surface area (Å²) in [6.07, 6.45) is -1.88. The van der Waals surface area contributed by atoms with E-state index in [1.807, 2.05) is 0 Å². The molecule has 0 aliphatic heterocycles. The first-order valence-corrected chi connectivity index (χ1v) is 7.49. The number of hydrogen-bond acceptors (Lipinski definition) is 5. The minimum Gasteiger partial charge on any atom is -0.390 e. The van der Waals surface area contributed by atoms with Gasteiger partial charge < -0.3 is 10.2 Å². The molecule has 1 aromatic carbocycles. The van der Waals surface area contributed by atoms with Gasteiger partial charge in [0.05, 0.1) is 6.10 Å². The lowest BCUT2D eigenvalue weighted by molar-refractivity contribution is -0.109. The number of aliphatic hydroxyl groups excluding tert-OH is 2. The third kappa shape index (κ3) is 4.90. The number of carbonyl (C=O) groups is 2. The second-order valence-electron chi connectivity index (χ2n) is 4.43. The van der Waals surface area contributed by atoms with Crippen LogP contribution in [0.15, 0.2) is 18.2 Å². The molecule has 110 valence electrons. The van der Waals surface area contributed by atoms with E-state index in [4.69, 9.17) is 11.6 Å². The number of Topliss-reactive ketones (excluding diaryl/α,β-unsaturated/α-hetero) is 1. The minimum atomic E-state index is -1.14. The van der Waals surface area contributed by atoms with Crippen molar-refractivity contribution in [2.24, 2.45) is 0 Å². The minimum absolute atomic E-state index is 0.0319. The quantitative estimate of drug-likeness (QED) is 0.789. The number of hydrogen-bond donors (Lipinski definition) is 2. The molecule has 0 spiro atoms. The van der Waals surface area contributed by atoms with Crippen molar-refractivity contribution in [1.82, 2.24) is 0 Å². The highest BCUT2D eigenvalue weighted by Gasteiger charge is 2.21. The van der Waals surface area contributed by atoms with Gasteiger partial charge in [0.1, 0.15) is 6.10 Å². The van der Waals surface area contributed by atoms with E-state index in [1.54, 1.807) is 6.07 Å². The van der Waals surface area contributed by atoms with Gasteiger partial charge in [-0.1, -0.05) is 35.5 Å². The van der Waals surface area contributed by atoms with Crippen molar-refractivity contribution in [3.8, 4) is 0 Å². The van der Waals surface area contributed by atoms with E-state index < -0.39 is 12.2 Å². The van der Waals surface area contributed by atoms with Crippen LogP contribution in [0.4, 0.5) is 0 Å². The first-order chi connectivity index (χ1) is 9.32. The fourth-order valence-corrected chi connectivity index (χ4v) is 2.61. The number of halogens is 1. The molecule has 0 radical (unpaired) electrons. The Morgan fingerprint density at radius 2 is 1.95 bits per heavy atom. The summed E-state index contributed by atoms with van der Waals surface area (Å²) in [5.41, 5.74) is 0.824. The van der Waals surface area contributed by atoms with Crippen LogP contribution in [-0.4, -0.2) is 33.0 Å². The van der Waals surface area contributed by atoms with E-state index in [-0.39, 0.29) is 22.3 Å². The molecule has 0 aliphatic carbocycles. The molecular weight excluding hydrogens is 300 g/mol. The molecule has 0 saturated heterocycles. The number of ketones is 1. The van der Waals surface area contributed by atoms with Crippen molar-refractivity contribution >= 4 is 34.3 Å². The first-order valence-electron chi connectivity index (χ1n) is 6.12. The van der Waals surface area contributed by atoms with Crippen molar-refractivity contribution in [2.75, 3.05) is 5.75 Å². The van der Waals surface area contributed by atoms with Crippen molar-refractivity contribution in [3.63, 3.8) is 0 Å². The molecule has 6 heteroatoms. The van der Waals surface area contributed by atoms with Crippen LogP contribution < -0.4 is 0 Å². The summed E-state index contributed by atoms with van der Waals surface area (Å²) in [7, 11) is 0. The summed E-state index contributed by atoms with van der Waals surface area (Å²) < 4.78 is 0. The Hall–Kier alpha value is -0.880. The molecule has 2 N–H and O–H groups in total. The number of carbonyl (C=O) groups excluding carboxylic acids is 2. The predicted molar refractivity (Wildman–Crippen MR) is 80.2 cm³/mol. The van der Waals surface area contributed by atoms with Gasteiger partial charge in [-0.2, -0.15) is 0 Å². The molecule has 0 bridgehead atoms. The van der Waals surface area contributed by atoms with Crippen molar-refractivity contribution in [1.29, 1.82) is 0 Å². The fraction of sp³-hybridized carbons (Fsp3) is 0.429. The van der Waals surface area contributed by atoms with Gasteiger partial charge in [0.25, 0.3) is 0 Å². The van der Waals surface area contributed by atoms with Gasteiger partial charge in [-0.15, -0.1) is 0 Å². The van der Waals surface area contributed by atoms with Crippen LogP contribution in [0.5, 0.6) is 0 Å².